The van der Waals surface area contributed by atoms with Gasteiger partial charge in [0.25, 0.3) is 0 Å². The minimum absolute atomic E-state index is 0.0238. The molecule has 1 aromatic heterocycles. The third-order valence-corrected chi connectivity index (χ3v) is 2.32. The van der Waals surface area contributed by atoms with Gasteiger partial charge in [-0.1, -0.05) is 23.4 Å². The predicted molar refractivity (Wildman–Crippen MR) is 68.7 cm³/mol. The zero-order valence-electron chi connectivity index (χ0n) is 10.5. The van der Waals surface area contributed by atoms with E-state index >= 15 is 0 Å². The Labute approximate surface area is 115 Å². The van der Waals surface area contributed by atoms with Gasteiger partial charge in [-0.2, -0.15) is 0 Å². The van der Waals surface area contributed by atoms with Crippen molar-refractivity contribution in [1.82, 2.24) is 4.98 Å². The van der Waals surface area contributed by atoms with Gasteiger partial charge in [0.1, 0.15) is 11.6 Å². The lowest BCUT2D eigenvalue weighted by Gasteiger charge is -2.01. The number of methoxy groups -OCH3 is 1. The molecule has 0 fully saturated rings. The molecule has 0 aliphatic heterocycles. The van der Waals surface area contributed by atoms with E-state index in [1.54, 1.807) is 6.92 Å². The van der Waals surface area contributed by atoms with E-state index in [1.807, 2.05) is 0 Å². The van der Waals surface area contributed by atoms with E-state index in [4.69, 9.17) is 16.3 Å². The molecule has 0 aliphatic carbocycles. The topological polar surface area (TPSA) is 65.5 Å². The summed E-state index contributed by atoms with van der Waals surface area (Å²) in [5.74, 6) is 4.34. The lowest BCUT2D eigenvalue weighted by atomic mass is 10.2. The van der Waals surface area contributed by atoms with Crippen LogP contribution in [0.2, 0.25) is 5.15 Å². The number of carbonyl (C=O) groups excluding carboxylic acids is 2. The van der Waals surface area contributed by atoms with Crippen molar-refractivity contribution in [1.29, 1.82) is 0 Å². The summed E-state index contributed by atoms with van der Waals surface area (Å²) in [5, 5.41) is 0.0443. The maximum Gasteiger partial charge on any atom is 0.341 e. The zero-order chi connectivity index (χ0) is 14.3. The Bertz CT molecular complexity index is 545. The molecule has 0 radical (unpaired) electrons. The first kappa shape index (κ1) is 15.0. The van der Waals surface area contributed by atoms with Gasteiger partial charge in [-0.3, -0.25) is 4.79 Å². The summed E-state index contributed by atoms with van der Waals surface area (Å²) in [6.45, 7) is 2.03. The third-order valence-electron chi connectivity index (χ3n) is 2.02. The monoisotopic (exact) mass is 281 g/mol. The van der Waals surface area contributed by atoms with Gasteiger partial charge >= 0.3 is 11.9 Å². The van der Waals surface area contributed by atoms with Gasteiger partial charge in [-0.05, 0) is 13.0 Å². The summed E-state index contributed by atoms with van der Waals surface area (Å²) in [6.07, 6.45) is 1.39. The number of aromatic nitrogens is 1. The molecule has 0 aromatic carbocycles. The van der Waals surface area contributed by atoms with E-state index in [0.29, 0.717) is 12.2 Å². The van der Waals surface area contributed by atoms with Crippen LogP contribution in [0.5, 0.6) is 0 Å². The van der Waals surface area contributed by atoms with Crippen molar-refractivity contribution in [3.8, 4) is 11.8 Å². The average molecular weight is 282 g/mol. The Morgan fingerprint density at radius 2 is 2.21 bits per heavy atom. The van der Waals surface area contributed by atoms with Crippen LogP contribution < -0.4 is 0 Å². The lowest BCUT2D eigenvalue weighted by molar-refractivity contribution is -0.141. The van der Waals surface area contributed by atoms with Crippen molar-refractivity contribution in [2.75, 3.05) is 13.7 Å². The lowest BCUT2D eigenvalue weighted by Crippen LogP contribution is -2.04. The highest BCUT2D eigenvalue weighted by Gasteiger charge is 2.11. The van der Waals surface area contributed by atoms with Crippen molar-refractivity contribution in [3.05, 3.63) is 28.5 Å². The summed E-state index contributed by atoms with van der Waals surface area (Å²) >= 11 is 5.76. The first-order valence-corrected chi connectivity index (χ1v) is 5.84. The normalized spacial score (nSPS) is 9.21. The minimum atomic E-state index is -0.591. The van der Waals surface area contributed by atoms with Crippen LogP contribution in [0, 0.1) is 11.8 Å². The van der Waals surface area contributed by atoms with Gasteiger partial charge in [-0.15, -0.1) is 0 Å². The molecule has 1 aromatic rings. The highest BCUT2D eigenvalue weighted by atomic mass is 35.5. The van der Waals surface area contributed by atoms with Gasteiger partial charge in [0.15, 0.2) is 0 Å². The van der Waals surface area contributed by atoms with Crippen molar-refractivity contribution in [2.45, 2.75) is 13.3 Å². The van der Waals surface area contributed by atoms with Crippen molar-refractivity contribution >= 4 is 23.5 Å². The Morgan fingerprint density at radius 3 is 2.84 bits per heavy atom. The van der Waals surface area contributed by atoms with Crippen LogP contribution in [0.15, 0.2) is 12.3 Å². The second-order valence-electron chi connectivity index (χ2n) is 3.34. The zero-order valence-corrected chi connectivity index (χ0v) is 11.3. The van der Waals surface area contributed by atoms with Gasteiger partial charge in [0, 0.05) is 11.8 Å². The maximum absolute atomic E-state index is 11.4. The van der Waals surface area contributed by atoms with E-state index < -0.39 is 11.9 Å². The number of nitrogens with zero attached hydrogens (tertiary/aromatic N) is 1. The molecule has 0 amide bonds. The number of rotatable bonds is 3. The van der Waals surface area contributed by atoms with Crippen LogP contribution in [-0.2, 0) is 14.3 Å². The molecule has 100 valence electrons. The fourth-order valence-electron chi connectivity index (χ4n) is 1.20. The van der Waals surface area contributed by atoms with E-state index in [9.17, 15) is 9.59 Å². The van der Waals surface area contributed by atoms with Gasteiger partial charge in [-0.25, -0.2) is 9.78 Å². The third kappa shape index (κ3) is 4.60. The number of pyridine rings is 1. The van der Waals surface area contributed by atoms with Crippen molar-refractivity contribution in [2.24, 2.45) is 0 Å². The minimum Gasteiger partial charge on any atom is -0.465 e. The van der Waals surface area contributed by atoms with Crippen molar-refractivity contribution < 1.29 is 19.1 Å². The van der Waals surface area contributed by atoms with Crippen LogP contribution in [0.4, 0.5) is 0 Å². The average Bonchev–Trinajstić information content (AvgIpc) is 2.40. The Kier molecular flexibility index (Phi) is 5.83. The number of carbonyl (C=O) groups is 2. The summed E-state index contributed by atoms with van der Waals surface area (Å²) in [7, 11) is 1.25. The first-order valence-electron chi connectivity index (χ1n) is 5.46. The summed E-state index contributed by atoms with van der Waals surface area (Å²) < 4.78 is 9.29. The Balaban J connectivity index is 2.83. The fourth-order valence-corrected chi connectivity index (χ4v) is 1.38. The number of hydrogen-bond acceptors (Lipinski definition) is 5. The van der Waals surface area contributed by atoms with Crippen LogP contribution in [0.1, 0.15) is 29.3 Å². The molecule has 0 unspecified atom stereocenters. The molecule has 1 rings (SSSR count). The molecule has 0 atom stereocenters. The van der Waals surface area contributed by atoms with Crippen LogP contribution in [0.3, 0.4) is 0 Å². The largest absolute Gasteiger partial charge is 0.465 e. The number of halogens is 1. The van der Waals surface area contributed by atoms with Crippen LogP contribution >= 0.6 is 11.6 Å². The quantitative estimate of drug-likeness (QED) is 0.480. The maximum atomic E-state index is 11.4. The highest BCUT2D eigenvalue weighted by molar-refractivity contribution is 6.32. The number of hydrogen-bond donors (Lipinski definition) is 0. The van der Waals surface area contributed by atoms with E-state index in [2.05, 4.69) is 21.6 Å². The molecular formula is C13H12ClNO4. The Morgan fingerprint density at radius 1 is 1.47 bits per heavy atom. The Hall–Kier alpha value is -2.06. The molecule has 0 bridgehead atoms. The number of ether oxygens (including phenoxy) is 2. The van der Waals surface area contributed by atoms with Crippen molar-refractivity contribution in [3.63, 3.8) is 0 Å². The molecule has 0 spiro atoms. The summed E-state index contributed by atoms with van der Waals surface area (Å²) in [4.78, 5) is 26.3. The van der Waals surface area contributed by atoms with Gasteiger partial charge < -0.3 is 9.47 Å². The second kappa shape index (κ2) is 7.39. The van der Waals surface area contributed by atoms with Gasteiger partial charge in [0.05, 0.1) is 19.3 Å². The highest BCUT2D eigenvalue weighted by Crippen LogP contribution is 2.14. The molecule has 0 N–H and O–H groups in total. The molecule has 0 saturated carbocycles. The smallest absolute Gasteiger partial charge is 0.341 e. The second-order valence-corrected chi connectivity index (χ2v) is 3.70. The molecule has 6 heteroatoms. The summed E-state index contributed by atoms with van der Waals surface area (Å²) in [5.41, 5.74) is 0.598. The molecule has 5 nitrogen and oxygen atoms in total. The predicted octanol–water partition coefficient (Wildman–Crippen LogP) is 1.83. The van der Waals surface area contributed by atoms with Gasteiger partial charge in [0.2, 0.25) is 0 Å². The molecule has 19 heavy (non-hydrogen) atoms. The van der Waals surface area contributed by atoms with E-state index in [0.717, 1.165) is 0 Å². The van der Waals surface area contributed by atoms with Crippen LogP contribution in [0.25, 0.3) is 0 Å². The molecule has 0 saturated heterocycles. The summed E-state index contributed by atoms with van der Waals surface area (Å²) in [6, 6.07) is 1.46. The molecular weight excluding hydrogens is 270 g/mol. The number of esters is 2. The van der Waals surface area contributed by atoms with E-state index in [-0.39, 0.29) is 17.1 Å². The SMILES string of the molecule is CCOC(=O)CC#Cc1cnc(Cl)c(C(=O)OC)c1. The van der Waals surface area contributed by atoms with Crippen LogP contribution in [-0.4, -0.2) is 30.6 Å². The molecule has 0 aliphatic rings. The van der Waals surface area contributed by atoms with E-state index in [1.165, 1.54) is 19.4 Å². The first-order chi connectivity index (χ1) is 9.08. The molecule has 1 heterocycles. The fraction of sp³-hybridized carbons (Fsp3) is 0.308. The standard InChI is InChI=1S/C13H12ClNO4/c1-3-19-11(16)6-4-5-9-7-10(13(17)18-2)12(14)15-8-9/h7-8H,3,6H2,1-2H3.